The van der Waals surface area contributed by atoms with Crippen LogP contribution in [-0.2, 0) is 0 Å². The molecule has 0 amide bonds. The summed E-state index contributed by atoms with van der Waals surface area (Å²) in [7, 11) is 0. The van der Waals surface area contributed by atoms with Gasteiger partial charge in [0.2, 0.25) is 5.95 Å². The highest BCUT2D eigenvalue weighted by molar-refractivity contribution is 5.40. The summed E-state index contributed by atoms with van der Waals surface area (Å²) < 4.78 is 12.9. The second kappa shape index (κ2) is 6.13. The minimum atomic E-state index is -0.448. The first kappa shape index (κ1) is 13.2. The Balaban J connectivity index is 1.95. The minimum Gasteiger partial charge on any atom is -0.343 e. The van der Waals surface area contributed by atoms with Crippen molar-refractivity contribution in [2.75, 3.05) is 5.32 Å². The first-order valence-corrected chi connectivity index (χ1v) is 6.67. The van der Waals surface area contributed by atoms with Crippen molar-refractivity contribution in [1.29, 1.82) is 0 Å². The molecule has 0 aliphatic rings. The first-order valence-electron chi connectivity index (χ1n) is 6.67. The van der Waals surface area contributed by atoms with Crippen molar-refractivity contribution < 1.29 is 4.39 Å². The van der Waals surface area contributed by atoms with Crippen molar-refractivity contribution in [3.63, 3.8) is 0 Å². The van der Waals surface area contributed by atoms with Gasteiger partial charge < -0.3 is 5.32 Å². The van der Waals surface area contributed by atoms with Gasteiger partial charge in [0.25, 0.3) is 0 Å². The van der Waals surface area contributed by atoms with E-state index in [0.29, 0.717) is 5.95 Å². The van der Waals surface area contributed by atoms with Crippen molar-refractivity contribution >= 4 is 5.95 Å². The van der Waals surface area contributed by atoms with Gasteiger partial charge in [0.1, 0.15) is 0 Å². The molecule has 0 atom stereocenters. The van der Waals surface area contributed by atoms with Crippen LogP contribution in [-0.4, -0.2) is 9.97 Å². The molecule has 3 nitrogen and oxygen atoms in total. The number of aromatic nitrogens is 2. The zero-order chi connectivity index (χ0) is 14.5. The Morgan fingerprint density at radius 3 is 1.71 bits per heavy atom. The third-order valence-corrected chi connectivity index (χ3v) is 3.16. The molecular formula is C17H14FN3. The van der Waals surface area contributed by atoms with Gasteiger partial charge in [-0.2, -0.15) is 0 Å². The molecule has 1 N–H and O–H groups in total. The molecule has 3 aromatic rings. The smallest absolute Gasteiger partial charge is 0.223 e. The summed E-state index contributed by atoms with van der Waals surface area (Å²) >= 11 is 0. The molecule has 2 aromatic carbocycles. The van der Waals surface area contributed by atoms with Crippen LogP contribution in [0.15, 0.2) is 73.1 Å². The molecule has 0 saturated heterocycles. The Labute approximate surface area is 122 Å². The SMILES string of the molecule is Fc1cnc(NC(c2ccccc2)c2ccccc2)nc1. The van der Waals surface area contributed by atoms with E-state index in [1.54, 1.807) is 0 Å². The fourth-order valence-corrected chi connectivity index (χ4v) is 2.17. The normalized spacial score (nSPS) is 10.6. The predicted molar refractivity (Wildman–Crippen MR) is 80.3 cm³/mol. The van der Waals surface area contributed by atoms with Crippen molar-refractivity contribution in [1.82, 2.24) is 9.97 Å². The van der Waals surface area contributed by atoms with Crippen molar-refractivity contribution in [2.45, 2.75) is 6.04 Å². The lowest BCUT2D eigenvalue weighted by molar-refractivity contribution is 0.613. The largest absolute Gasteiger partial charge is 0.343 e. The number of benzene rings is 2. The molecule has 4 heteroatoms. The Bertz CT molecular complexity index is 645. The third-order valence-electron chi connectivity index (χ3n) is 3.16. The molecule has 1 aromatic heterocycles. The molecule has 0 spiro atoms. The molecule has 0 saturated carbocycles. The van der Waals surface area contributed by atoms with E-state index < -0.39 is 5.82 Å². The van der Waals surface area contributed by atoms with Gasteiger partial charge in [-0.25, -0.2) is 14.4 Å². The van der Waals surface area contributed by atoms with Gasteiger partial charge in [-0.1, -0.05) is 60.7 Å². The van der Waals surface area contributed by atoms with E-state index in [9.17, 15) is 4.39 Å². The Kier molecular flexibility index (Phi) is 3.87. The maximum atomic E-state index is 12.9. The van der Waals surface area contributed by atoms with Crippen LogP contribution in [0.5, 0.6) is 0 Å². The van der Waals surface area contributed by atoms with Gasteiger partial charge in [-0.15, -0.1) is 0 Å². The average Bonchev–Trinajstić information content (AvgIpc) is 2.56. The molecule has 0 aliphatic heterocycles. The fraction of sp³-hybridized carbons (Fsp3) is 0.0588. The van der Waals surface area contributed by atoms with Crippen LogP contribution in [0.4, 0.5) is 10.3 Å². The summed E-state index contributed by atoms with van der Waals surface area (Å²) in [6.07, 6.45) is 2.31. The van der Waals surface area contributed by atoms with Crippen LogP contribution in [0.1, 0.15) is 17.2 Å². The maximum Gasteiger partial charge on any atom is 0.223 e. The highest BCUT2D eigenvalue weighted by Crippen LogP contribution is 2.24. The molecule has 3 rings (SSSR count). The third kappa shape index (κ3) is 3.23. The zero-order valence-corrected chi connectivity index (χ0v) is 11.3. The van der Waals surface area contributed by atoms with Crippen LogP contribution < -0.4 is 5.32 Å². The number of halogens is 1. The lowest BCUT2D eigenvalue weighted by atomic mass is 9.99. The fourth-order valence-electron chi connectivity index (χ4n) is 2.17. The van der Waals surface area contributed by atoms with Crippen LogP contribution in [0.2, 0.25) is 0 Å². The minimum absolute atomic E-state index is 0.0853. The Hall–Kier alpha value is -2.75. The number of hydrogen-bond acceptors (Lipinski definition) is 3. The number of rotatable bonds is 4. The van der Waals surface area contributed by atoms with Gasteiger partial charge >= 0.3 is 0 Å². The summed E-state index contributed by atoms with van der Waals surface area (Å²) in [6, 6.07) is 19.9. The lowest BCUT2D eigenvalue weighted by Crippen LogP contribution is -2.14. The molecule has 0 bridgehead atoms. The summed E-state index contributed by atoms with van der Waals surface area (Å²) in [5.74, 6) is -0.0503. The molecule has 0 fully saturated rings. The topological polar surface area (TPSA) is 37.8 Å². The zero-order valence-electron chi connectivity index (χ0n) is 11.3. The second-order valence-corrected chi connectivity index (χ2v) is 4.62. The lowest BCUT2D eigenvalue weighted by Gasteiger charge is -2.19. The molecule has 104 valence electrons. The molecule has 0 radical (unpaired) electrons. The summed E-state index contributed by atoms with van der Waals surface area (Å²) in [5, 5.41) is 3.25. The molecule has 1 heterocycles. The van der Waals surface area contributed by atoms with E-state index in [1.807, 2.05) is 60.7 Å². The van der Waals surface area contributed by atoms with Crippen molar-refractivity contribution in [3.8, 4) is 0 Å². The van der Waals surface area contributed by atoms with Gasteiger partial charge in [0.05, 0.1) is 18.4 Å². The first-order chi connectivity index (χ1) is 10.3. The van der Waals surface area contributed by atoms with E-state index in [-0.39, 0.29) is 6.04 Å². The quantitative estimate of drug-likeness (QED) is 0.789. The molecule has 0 unspecified atom stereocenters. The van der Waals surface area contributed by atoms with Crippen LogP contribution in [0.3, 0.4) is 0 Å². The Morgan fingerprint density at radius 2 is 1.24 bits per heavy atom. The van der Waals surface area contributed by atoms with Crippen molar-refractivity contribution in [3.05, 3.63) is 90.0 Å². The highest BCUT2D eigenvalue weighted by atomic mass is 19.1. The standard InChI is InChI=1S/C17H14FN3/c18-15-11-19-17(20-12-15)21-16(13-7-3-1-4-8-13)14-9-5-2-6-10-14/h1-12,16H,(H,19,20,21). The number of hydrogen-bond donors (Lipinski definition) is 1. The Morgan fingerprint density at radius 1 is 0.762 bits per heavy atom. The van der Waals surface area contributed by atoms with E-state index in [4.69, 9.17) is 0 Å². The van der Waals surface area contributed by atoms with Gasteiger partial charge in [0.15, 0.2) is 5.82 Å². The molecule has 21 heavy (non-hydrogen) atoms. The summed E-state index contributed by atoms with van der Waals surface area (Å²) in [4.78, 5) is 7.94. The van der Waals surface area contributed by atoms with E-state index in [0.717, 1.165) is 23.5 Å². The van der Waals surface area contributed by atoms with Gasteiger partial charge in [0, 0.05) is 0 Å². The van der Waals surface area contributed by atoms with Gasteiger partial charge in [-0.05, 0) is 11.1 Å². The summed E-state index contributed by atoms with van der Waals surface area (Å²) in [6.45, 7) is 0. The second-order valence-electron chi connectivity index (χ2n) is 4.62. The molecular weight excluding hydrogens is 265 g/mol. The maximum absolute atomic E-state index is 12.9. The number of nitrogens with one attached hydrogen (secondary N) is 1. The van der Waals surface area contributed by atoms with Crippen LogP contribution in [0, 0.1) is 5.82 Å². The summed E-state index contributed by atoms with van der Waals surface area (Å²) in [5.41, 5.74) is 2.19. The monoisotopic (exact) mass is 279 g/mol. The number of anilines is 1. The van der Waals surface area contributed by atoms with Crippen LogP contribution >= 0.6 is 0 Å². The highest BCUT2D eigenvalue weighted by Gasteiger charge is 2.14. The van der Waals surface area contributed by atoms with E-state index in [2.05, 4.69) is 15.3 Å². The average molecular weight is 279 g/mol. The van der Waals surface area contributed by atoms with E-state index in [1.165, 1.54) is 0 Å². The van der Waals surface area contributed by atoms with Gasteiger partial charge in [-0.3, -0.25) is 0 Å². The van der Waals surface area contributed by atoms with Crippen molar-refractivity contribution in [2.24, 2.45) is 0 Å². The number of nitrogens with zero attached hydrogens (tertiary/aromatic N) is 2. The van der Waals surface area contributed by atoms with Crippen LogP contribution in [0.25, 0.3) is 0 Å². The predicted octanol–water partition coefficient (Wildman–Crippen LogP) is 3.82. The molecule has 0 aliphatic carbocycles. The van der Waals surface area contributed by atoms with E-state index >= 15 is 0 Å².